The van der Waals surface area contributed by atoms with Gasteiger partial charge in [0.1, 0.15) is 10.3 Å². The van der Waals surface area contributed by atoms with Gasteiger partial charge in [-0.2, -0.15) is 0 Å². The quantitative estimate of drug-likeness (QED) is 0.673. The summed E-state index contributed by atoms with van der Waals surface area (Å²) in [6.07, 6.45) is 0.892. The predicted octanol–water partition coefficient (Wildman–Crippen LogP) is 4.37. The van der Waals surface area contributed by atoms with Crippen LogP contribution >= 0.6 is 11.3 Å². The van der Waals surface area contributed by atoms with Crippen molar-refractivity contribution in [1.29, 1.82) is 0 Å². The minimum atomic E-state index is 0.0345. The minimum Gasteiger partial charge on any atom is -0.333 e. The van der Waals surface area contributed by atoms with Crippen LogP contribution in [-0.2, 0) is 6.54 Å². The number of allylic oxidation sites excluding steroid dienone is 1. The van der Waals surface area contributed by atoms with Crippen LogP contribution in [0.25, 0.3) is 15.9 Å². The summed E-state index contributed by atoms with van der Waals surface area (Å²) in [5.41, 5.74) is 4.39. The zero-order valence-electron chi connectivity index (χ0n) is 14.9. The van der Waals surface area contributed by atoms with Crippen LogP contribution in [0, 0.1) is 6.92 Å². The van der Waals surface area contributed by atoms with Crippen molar-refractivity contribution >= 4 is 33.0 Å². The molecule has 23 heavy (non-hydrogen) atoms. The summed E-state index contributed by atoms with van der Waals surface area (Å²) in [4.78, 5) is 19.8. The van der Waals surface area contributed by atoms with E-state index in [0.29, 0.717) is 5.01 Å². The number of nitrogens with zero attached hydrogens (tertiary/aromatic N) is 3. The zero-order chi connectivity index (χ0) is 17.1. The molecule has 0 unspecified atom stereocenters. The third-order valence-electron chi connectivity index (χ3n) is 4.47. The summed E-state index contributed by atoms with van der Waals surface area (Å²) in [6, 6.07) is 0. The van der Waals surface area contributed by atoms with E-state index in [1.807, 2.05) is 0 Å². The van der Waals surface area contributed by atoms with E-state index < -0.39 is 0 Å². The molecule has 2 rings (SSSR count). The SMILES string of the molecule is C=C(CC)c1c(C)n(CCN(CC)CC)c2sc(C(C)=O)nc12. The Hall–Kier alpha value is -1.46. The number of carbonyl (C=O) groups excluding carboxylic acids is 1. The van der Waals surface area contributed by atoms with E-state index in [4.69, 9.17) is 0 Å². The van der Waals surface area contributed by atoms with Crippen LogP contribution < -0.4 is 0 Å². The van der Waals surface area contributed by atoms with Crippen molar-refractivity contribution in [3.8, 4) is 0 Å². The molecule has 2 heterocycles. The summed E-state index contributed by atoms with van der Waals surface area (Å²) >= 11 is 1.50. The van der Waals surface area contributed by atoms with E-state index in [9.17, 15) is 4.79 Å². The van der Waals surface area contributed by atoms with E-state index in [1.54, 1.807) is 6.92 Å². The summed E-state index contributed by atoms with van der Waals surface area (Å²) in [5, 5.41) is 0.594. The van der Waals surface area contributed by atoms with Gasteiger partial charge in [0.05, 0.1) is 0 Å². The third-order valence-corrected chi connectivity index (χ3v) is 5.65. The Labute approximate surface area is 142 Å². The van der Waals surface area contributed by atoms with Crippen molar-refractivity contribution in [2.75, 3.05) is 19.6 Å². The van der Waals surface area contributed by atoms with Crippen LogP contribution in [0.1, 0.15) is 55.2 Å². The maximum atomic E-state index is 11.7. The molecule has 0 aromatic carbocycles. The fraction of sp³-hybridized carbons (Fsp3) is 0.556. The standard InChI is InChI=1S/C18H27N3OS/c1-7-12(4)15-13(5)21(11-10-20(8-2)9-3)18-16(15)19-17(23-18)14(6)22/h4,7-11H2,1-3,5-6H3. The molecule has 0 radical (unpaired) electrons. The normalized spacial score (nSPS) is 11.6. The summed E-state index contributed by atoms with van der Waals surface area (Å²) in [6.45, 7) is 18.4. The first-order chi connectivity index (χ1) is 10.9. The molecule has 0 atom stereocenters. The molecule has 0 saturated heterocycles. The summed E-state index contributed by atoms with van der Waals surface area (Å²) in [7, 11) is 0. The highest BCUT2D eigenvalue weighted by molar-refractivity contribution is 7.20. The van der Waals surface area contributed by atoms with Crippen molar-refractivity contribution in [3.63, 3.8) is 0 Å². The first kappa shape index (κ1) is 17.9. The van der Waals surface area contributed by atoms with Crippen molar-refractivity contribution in [2.45, 2.75) is 47.6 Å². The number of carbonyl (C=O) groups is 1. The Kier molecular flexibility index (Phi) is 5.76. The monoisotopic (exact) mass is 333 g/mol. The molecule has 0 N–H and O–H groups in total. The molecule has 2 aromatic heterocycles. The lowest BCUT2D eigenvalue weighted by molar-refractivity contribution is 0.101. The zero-order valence-corrected chi connectivity index (χ0v) is 15.7. The largest absolute Gasteiger partial charge is 0.333 e. The lowest BCUT2D eigenvalue weighted by Gasteiger charge is -2.19. The smallest absolute Gasteiger partial charge is 0.188 e. The fourth-order valence-corrected chi connectivity index (χ4v) is 3.96. The Morgan fingerprint density at radius 3 is 2.48 bits per heavy atom. The van der Waals surface area contributed by atoms with Gasteiger partial charge in [-0.3, -0.25) is 4.79 Å². The number of thiazole rings is 1. The lowest BCUT2D eigenvalue weighted by atomic mass is 10.1. The first-order valence-corrected chi connectivity index (χ1v) is 9.17. The number of rotatable bonds is 8. The van der Waals surface area contributed by atoms with Crippen LogP contribution in [0.15, 0.2) is 6.58 Å². The second kappa shape index (κ2) is 7.41. The number of Topliss-reactive ketones (excluding diaryl/α,β-unsaturated/α-hetero) is 1. The predicted molar refractivity (Wildman–Crippen MR) is 99.5 cm³/mol. The van der Waals surface area contributed by atoms with Crippen LogP contribution in [0.3, 0.4) is 0 Å². The lowest BCUT2D eigenvalue weighted by Crippen LogP contribution is -2.27. The number of hydrogen-bond donors (Lipinski definition) is 0. The first-order valence-electron chi connectivity index (χ1n) is 8.35. The van der Waals surface area contributed by atoms with Gasteiger partial charge in [-0.05, 0) is 32.0 Å². The van der Waals surface area contributed by atoms with Gasteiger partial charge in [-0.25, -0.2) is 4.98 Å². The van der Waals surface area contributed by atoms with Crippen molar-refractivity contribution < 1.29 is 4.79 Å². The average molecular weight is 334 g/mol. The second-order valence-electron chi connectivity index (χ2n) is 5.83. The molecule has 0 fully saturated rings. The molecule has 2 aromatic rings. The van der Waals surface area contributed by atoms with Gasteiger partial charge in [-0.15, -0.1) is 0 Å². The molecule has 0 amide bonds. The highest BCUT2D eigenvalue weighted by Gasteiger charge is 2.21. The van der Waals surface area contributed by atoms with Crippen molar-refractivity contribution in [3.05, 3.63) is 22.8 Å². The molecule has 0 bridgehead atoms. The second-order valence-corrected chi connectivity index (χ2v) is 6.80. The van der Waals surface area contributed by atoms with Crippen LogP contribution in [0.2, 0.25) is 0 Å². The van der Waals surface area contributed by atoms with Gasteiger partial charge in [0.2, 0.25) is 0 Å². The topological polar surface area (TPSA) is 38.1 Å². The van der Waals surface area contributed by atoms with E-state index in [1.165, 1.54) is 17.0 Å². The Morgan fingerprint density at radius 1 is 1.30 bits per heavy atom. The van der Waals surface area contributed by atoms with E-state index in [-0.39, 0.29) is 5.78 Å². The Bertz CT molecular complexity index is 722. The molecular formula is C18H27N3OS. The average Bonchev–Trinajstić information content (AvgIpc) is 3.05. The molecule has 0 spiro atoms. The fourth-order valence-electron chi connectivity index (χ4n) is 2.92. The van der Waals surface area contributed by atoms with Gasteiger partial charge in [0.15, 0.2) is 10.8 Å². The van der Waals surface area contributed by atoms with Gasteiger partial charge in [0, 0.05) is 31.3 Å². The number of aromatic nitrogens is 2. The maximum Gasteiger partial charge on any atom is 0.188 e. The van der Waals surface area contributed by atoms with Crippen LogP contribution in [0.5, 0.6) is 0 Å². The van der Waals surface area contributed by atoms with E-state index in [0.717, 1.165) is 54.1 Å². The Morgan fingerprint density at radius 2 is 1.96 bits per heavy atom. The molecule has 5 heteroatoms. The van der Waals surface area contributed by atoms with Crippen molar-refractivity contribution in [2.24, 2.45) is 0 Å². The Balaban J connectivity index is 2.51. The number of hydrogen-bond acceptors (Lipinski definition) is 4. The highest BCUT2D eigenvalue weighted by Crippen LogP contribution is 2.35. The van der Waals surface area contributed by atoms with E-state index >= 15 is 0 Å². The molecule has 0 aliphatic carbocycles. The molecular weight excluding hydrogens is 306 g/mol. The molecule has 0 saturated carbocycles. The van der Waals surface area contributed by atoms with Gasteiger partial charge < -0.3 is 9.47 Å². The number of likely N-dealkylation sites (N-methyl/N-ethyl adjacent to an activating group) is 1. The molecule has 0 aliphatic rings. The van der Waals surface area contributed by atoms with E-state index in [2.05, 4.69) is 48.7 Å². The molecule has 126 valence electrons. The van der Waals surface area contributed by atoms with Crippen LogP contribution in [-0.4, -0.2) is 39.9 Å². The number of ketones is 1. The maximum absolute atomic E-state index is 11.7. The summed E-state index contributed by atoms with van der Waals surface area (Å²) < 4.78 is 2.31. The minimum absolute atomic E-state index is 0.0345. The number of fused-ring (bicyclic) bond motifs is 1. The molecule has 0 aliphatic heterocycles. The van der Waals surface area contributed by atoms with Crippen LogP contribution in [0.4, 0.5) is 0 Å². The van der Waals surface area contributed by atoms with Crippen molar-refractivity contribution in [1.82, 2.24) is 14.5 Å². The highest BCUT2D eigenvalue weighted by atomic mass is 32.1. The van der Waals surface area contributed by atoms with Gasteiger partial charge in [-0.1, -0.05) is 38.7 Å². The third kappa shape index (κ3) is 3.40. The molecule has 4 nitrogen and oxygen atoms in total. The summed E-state index contributed by atoms with van der Waals surface area (Å²) in [5.74, 6) is 0.0345. The van der Waals surface area contributed by atoms with Gasteiger partial charge in [0.25, 0.3) is 0 Å². The van der Waals surface area contributed by atoms with Gasteiger partial charge >= 0.3 is 0 Å².